The lowest BCUT2D eigenvalue weighted by Crippen LogP contribution is -2.16. The molecular weight excluding hydrogens is 323 g/mol. The molecule has 0 aliphatic carbocycles. The molecular formula is C20H22ClFN2. The number of halogens is 2. The second-order valence-corrected chi connectivity index (χ2v) is 5.69. The fourth-order valence-electron chi connectivity index (χ4n) is 2.27. The molecule has 0 atom stereocenters. The predicted molar refractivity (Wildman–Crippen MR) is 99.6 cm³/mol. The van der Waals surface area contributed by atoms with E-state index < -0.39 is 5.82 Å². The van der Waals surface area contributed by atoms with Gasteiger partial charge in [-0.3, -0.25) is 0 Å². The zero-order chi connectivity index (χ0) is 18.3. The van der Waals surface area contributed by atoms with Gasteiger partial charge in [0.15, 0.2) is 0 Å². The van der Waals surface area contributed by atoms with Crippen molar-refractivity contribution < 1.29 is 4.39 Å². The van der Waals surface area contributed by atoms with Gasteiger partial charge in [-0.1, -0.05) is 49.0 Å². The van der Waals surface area contributed by atoms with Gasteiger partial charge in [-0.2, -0.15) is 5.26 Å². The molecule has 126 valence electrons. The zero-order valence-corrected chi connectivity index (χ0v) is 15.1. The Bertz CT molecular complexity index is 739. The number of nitriles is 1. The average Bonchev–Trinajstić information content (AvgIpc) is 2.56. The van der Waals surface area contributed by atoms with Gasteiger partial charge in [-0.25, -0.2) is 4.39 Å². The van der Waals surface area contributed by atoms with Crippen molar-refractivity contribution in [2.24, 2.45) is 0 Å². The molecule has 0 fully saturated rings. The minimum atomic E-state index is -0.481. The molecule has 0 aliphatic rings. The first-order valence-electron chi connectivity index (χ1n) is 7.66. The number of allylic oxidation sites excluding steroid dienone is 3. The third-order valence-corrected chi connectivity index (χ3v) is 3.93. The molecule has 2 nitrogen and oxygen atoms in total. The zero-order valence-electron chi connectivity index (χ0n) is 14.4. The maximum absolute atomic E-state index is 14.5. The second-order valence-electron chi connectivity index (χ2n) is 5.31. The van der Waals surface area contributed by atoms with E-state index in [2.05, 4.69) is 13.2 Å². The molecule has 24 heavy (non-hydrogen) atoms. The van der Waals surface area contributed by atoms with Crippen LogP contribution in [0.5, 0.6) is 0 Å². The SMILES string of the molecule is C=C(C)C(=C)N(/C=C\C)/C(=C\C)c1ccc(CCC#N)c(F)c1Cl. The van der Waals surface area contributed by atoms with E-state index in [0.29, 0.717) is 23.2 Å². The van der Waals surface area contributed by atoms with Crippen molar-refractivity contribution >= 4 is 17.3 Å². The summed E-state index contributed by atoms with van der Waals surface area (Å²) >= 11 is 6.28. The van der Waals surface area contributed by atoms with Crippen LogP contribution in [0.4, 0.5) is 4.39 Å². The van der Waals surface area contributed by atoms with E-state index in [1.807, 2.05) is 50.1 Å². The molecule has 0 aromatic heterocycles. The number of aryl methyl sites for hydroxylation is 1. The highest BCUT2D eigenvalue weighted by Gasteiger charge is 2.19. The molecule has 0 saturated carbocycles. The Hall–Kier alpha value is -2.31. The molecule has 0 radical (unpaired) electrons. The minimum absolute atomic E-state index is 0.0440. The standard InChI is InChI=1S/C20H22ClFN2/c1-6-13-24(15(5)14(3)4)18(7-2)17-11-10-16(9-8-12-23)20(22)19(17)21/h6-7,10-11,13H,3,5,8-9H2,1-2,4H3/b13-6-,18-7-. The molecule has 0 unspecified atom stereocenters. The third-order valence-electron chi connectivity index (χ3n) is 3.56. The van der Waals surface area contributed by atoms with Gasteiger partial charge in [0.05, 0.1) is 16.8 Å². The largest absolute Gasteiger partial charge is 0.318 e. The number of nitrogens with zero attached hydrogens (tertiary/aromatic N) is 2. The van der Waals surface area contributed by atoms with Gasteiger partial charge < -0.3 is 4.90 Å². The van der Waals surface area contributed by atoms with E-state index in [-0.39, 0.29) is 11.4 Å². The van der Waals surface area contributed by atoms with Crippen LogP contribution in [0.1, 0.15) is 38.3 Å². The Balaban J connectivity index is 3.40. The van der Waals surface area contributed by atoms with Gasteiger partial charge in [-0.15, -0.1) is 0 Å². The van der Waals surface area contributed by atoms with E-state index in [0.717, 1.165) is 11.3 Å². The molecule has 1 rings (SSSR count). The Morgan fingerprint density at radius 2 is 2.04 bits per heavy atom. The van der Waals surface area contributed by atoms with E-state index in [1.165, 1.54) is 0 Å². The fraction of sp³-hybridized carbons (Fsp3) is 0.250. The smallest absolute Gasteiger partial charge is 0.145 e. The number of hydrogen-bond donors (Lipinski definition) is 0. The molecule has 0 heterocycles. The van der Waals surface area contributed by atoms with Crippen LogP contribution in [-0.2, 0) is 6.42 Å². The fourth-order valence-corrected chi connectivity index (χ4v) is 2.55. The normalized spacial score (nSPS) is 11.4. The molecule has 0 amide bonds. The summed E-state index contributed by atoms with van der Waals surface area (Å²) in [4.78, 5) is 1.83. The molecule has 1 aromatic carbocycles. The van der Waals surface area contributed by atoms with Gasteiger partial charge >= 0.3 is 0 Å². The van der Waals surface area contributed by atoms with Crippen molar-refractivity contribution in [2.45, 2.75) is 33.6 Å². The maximum atomic E-state index is 14.5. The summed E-state index contributed by atoms with van der Waals surface area (Å²) in [7, 11) is 0. The number of hydrogen-bond acceptors (Lipinski definition) is 2. The average molecular weight is 345 g/mol. The van der Waals surface area contributed by atoms with Gasteiger partial charge in [0, 0.05) is 23.9 Å². The van der Waals surface area contributed by atoms with E-state index in [9.17, 15) is 4.39 Å². The quantitative estimate of drug-likeness (QED) is 0.549. The summed E-state index contributed by atoms with van der Waals surface area (Å²) in [6, 6.07) is 5.46. The molecule has 0 saturated heterocycles. The molecule has 0 bridgehead atoms. The highest BCUT2D eigenvalue weighted by atomic mass is 35.5. The van der Waals surface area contributed by atoms with Gasteiger partial charge in [0.1, 0.15) is 5.82 Å². The lowest BCUT2D eigenvalue weighted by Gasteiger charge is -2.27. The lowest BCUT2D eigenvalue weighted by molar-refractivity contribution is 0.607. The van der Waals surface area contributed by atoms with Gasteiger partial charge in [-0.05, 0) is 38.3 Å². The van der Waals surface area contributed by atoms with E-state index in [1.54, 1.807) is 12.1 Å². The Labute approximate surface area is 148 Å². The summed E-state index contributed by atoms with van der Waals surface area (Å²) in [6.45, 7) is 13.6. The molecule has 4 heteroatoms. The van der Waals surface area contributed by atoms with Crippen LogP contribution < -0.4 is 0 Å². The van der Waals surface area contributed by atoms with Gasteiger partial charge in [0.25, 0.3) is 0 Å². The van der Waals surface area contributed by atoms with Crippen molar-refractivity contribution in [1.29, 1.82) is 5.26 Å². The summed E-state index contributed by atoms with van der Waals surface area (Å²) in [5.41, 5.74) is 3.23. The van der Waals surface area contributed by atoms with Crippen LogP contribution in [0.3, 0.4) is 0 Å². The van der Waals surface area contributed by atoms with Crippen molar-refractivity contribution in [3.05, 3.63) is 76.9 Å². The Kier molecular flexibility index (Phi) is 7.48. The summed E-state index contributed by atoms with van der Waals surface area (Å²) < 4.78 is 14.5. The van der Waals surface area contributed by atoms with Crippen LogP contribution >= 0.6 is 11.6 Å². The van der Waals surface area contributed by atoms with Crippen molar-refractivity contribution in [2.75, 3.05) is 0 Å². The first kappa shape index (κ1) is 19.7. The summed E-state index contributed by atoms with van der Waals surface area (Å²) in [5.74, 6) is -0.481. The van der Waals surface area contributed by atoms with Gasteiger partial charge in [0.2, 0.25) is 0 Å². The number of benzene rings is 1. The molecule has 0 aliphatic heterocycles. The van der Waals surface area contributed by atoms with Crippen LogP contribution in [0, 0.1) is 17.1 Å². The molecule has 1 aromatic rings. The van der Waals surface area contributed by atoms with E-state index in [4.69, 9.17) is 16.9 Å². The van der Waals surface area contributed by atoms with E-state index >= 15 is 0 Å². The summed E-state index contributed by atoms with van der Waals surface area (Å²) in [6.07, 6.45) is 6.14. The highest BCUT2D eigenvalue weighted by Crippen LogP contribution is 2.34. The topological polar surface area (TPSA) is 27.0 Å². The number of rotatable bonds is 7. The highest BCUT2D eigenvalue weighted by molar-refractivity contribution is 6.32. The first-order valence-corrected chi connectivity index (χ1v) is 8.04. The molecule has 0 spiro atoms. The predicted octanol–water partition coefficient (Wildman–Crippen LogP) is 6.22. The van der Waals surface area contributed by atoms with Crippen molar-refractivity contribution in [3.8, 4) is 6.07 Å². The maximum Gasteiger partial charge on any atom is 0.145 e. The second kappa shape index (κ2) is 9.10. The monoisotopic (exact) mass is 344 g/mol. The minimum Gasteiger partial charge on any atom is -0.318 e. The first-order chi connectivity index (χ1) is 11.4. The van der Waals surface area contributed by atoms with Crippen molar-refractivity contribution in [3.63, 3.8) is 0 Å². The van der Waals surface area contributed by atoms with Crippen LogP contribution in [0.2, 0.25) is 5.02 Å². The third kappa shape index (κ3) is 4.37. The lowest BCUT2D eigenvalue weighted by atomic mass is 10.0. The van der Waals surface area contributed by atoms with Crippen LogP contribution in [-0.4, -0.2) is 4.90 Å². The Morgan fingerprint density at radius 1 is 1.38 bits per heavy atom. The Morgan fingerprint density at radius 3 is 2.54 bits per heavy atom. The molecule has 0 N–H and O–H groups in total. The van der Waals surface area contributed by atoms with Crippen molar-refractivity contribution in [1.82, 2.24) is 4.90 Å². The van der Waals surface area contributed by atoms with Crippen LogP contribution in [0.15, 0.2) is 54.9 Å². The van der Waals surface area contributed by atoms with Crippen LogP contribution in [0.25, 0.3) is 5.70 Å². The summed E-state index contributed by atoms with van der Waals surface area (Å²) in [5, 5.41) is 8.71.